The topological polar surface area (TPSA) is 74.6 Å². The van der Waals surface area contributed by atoms with Gasteiger partial charge in [0.05, 0.1) is 0 Å². The van der Waals surface area contributed by atoms with E-state index in [1.165, 1.54) is 0 Å². The Labute approximate surface area is 106 Å². The Hall–Kier alpha value is -0.294. The van der Waals surface area contributed by atoms with Crippen LogP contribution in [0.4, 0.5) is 0 Å². The van der Waals surface area contributed by atoms with E-state index in [4.69, 9.17) is 10.2 Å². The zero-order chi connectivity index (χ0) is 11.1. The summed E-state index contributed by atoms with van der Waals surface area (Å²) in [6.07, 6.45) is 2.94. The van der Waals surface area contributed by atoms with Crippen LogP contribution < -0.4 is 0 Å². The van der Waals surface area contributed by atoms with Crippen molar-refractivity contribution in [3.8, 4) is 0 Å². The Morgan fingerprint density at radius 2 is 1.60 bits per heavy atom. The molecule has 0 aliphatic carbocycles. The number of hydrogen-bond acceptors (Lipinski definition) is 2. The lowest BCUT2D eigenvalue weighted by Gasteiger charge is -2.16. The lowest BCUT2D eigenvalue weighted by atomic mass is 9.89. The maximum atomic E-state index is 10.6. The van der Waals surface area contributed by atoms with Crippen molar-refractivity contribution in [2.45, 2.75) is 39.5 Å². The Balaban J connectivity index is 0. The van der Waals surface area contributed by atoms with Crippen LogP contribution in [0.25, 0.3) is 0 Å². The van der Waals surface area contributed by atoms with E-state index in [-0.39, 0.29) is 35.4 Å². The lowest BCUT2D eigenvalue weighted by Crippen LogP contribution is -2.25. The number of carbonyl (C=O) groups is 2. The highest BCUT2D eigenvalue weighted by molar-refractivity contribution is 5.92. The first kappa shape index (κ1) is 17.1. The van der Waals surface area contributed by atoms with Gasteiger partial charge in [-0.2, -0.15) is 0 Å². The molecule has 5 heteroatoms. The van der Waals surface area contributed by atoms with Crippen LogP contribution in [-0.4, -0.2) is 45.2 Å². The molecule has 0 aliphatic heterocycles. The van der Waals surface area contributed by atoms with Gasteiger partial charge in [-0.05, 0) is 12.3 Å². The Morgan fingerprint density at radius 3 is 1.87 bits per heavy atom. The van der Waals surface area contributed by atoms with Gasteiger partial charge in [0.2, 0.25) is 0 Å². The average molecular weight is 229 g/mol. The average Bonchev–Trinajstić information content (AvgIpc) is 2.10. The van der Waals surface area contributed by atoms with E-state index in [2.05, 4.69) is 0 Å². The number of rotatable bonds is 7. The van der Waals surface area contributed by atoms with Crippen molar-refractivity contribution in [1.29, 1.82) is 0 Å². The van der Waals surface area contributed by atoms with E-state index in [1.807, 2.05) is 13.8 Å². The molecule has 1 atom stereocenters. The predicted molar refractivity (Wildman–Crippen MR) is 60.6 cm³/mol. The van der Waals surface area contributed by atoms with Gasteiger partial charge in [0.25, 0.3) is 0 Å². The molecule has 1 unspecified atom stereocenters. The summed E-state index contributed by atoms with van der Waals surface area (Å²) >= 11 is 0. The summed E-state index contributed by atoms with van der Waals surface area (Å²) in [5.74, 6) is -3.50. The van der Waals surface area contributed by atoms with Crippen LogP contribution in [0.5, 0.6) is 0 Å². The molecule has 15 heavy (non-hydrogen) atoms. The summed E-state index contributed by atoms with van der Waals surface area (Å²) < 4.78 is 0. The van der Waals surface area contributed by atoms with E-state index < -0.39 is 17.9 Å². The fourth-order valence-electron chi connectivity index (χ4n) is 1.54. The van der Waals surface area contributed by atoms with Crippen LogP contribution in [0.3, 0.4) is 0 Å². The molecule has 0 rings (SSSR count). The number of aliphatic carboxylic acids is 2. The van der Waals surface area contributed by atoms with Gasteiger partial charge < -0.3 is 10.2 Å². The molecule has 0 aromatic heterocycles. The van der Waals surface area contributed by atoms with Crippen molar-refractivity contribution >= 4 is 35.0 Å². The van der Waals surface area contributed by atoms with Crippen LogP contribution in [0.2, 0.25) is 0 Å². The molecule has 0 saturated carbocycles. The maximum Gasteiger partial charge on any atom is 0.317 e. The fraction of sp³-hybridized carbons (Fsp3) is 0.800. The third kappa shape index (κ3) is 6.73. The van der Waals surface area contributed by atoms with Gasteiger partial charge in [0.1, 0.15) is 0 Å². The normalized spacial score (nSPS) is 11.9. The van der Waals surface area contributed by atoms with Gasteiger partial charge in [0.15, 0.2) is 5.92 Å². The predicted octanol–water partition coefficient (Wildman–Crippen LogP) is 1.07. The van der Waals surface area contributed by atoms with E-state index in [0.29, 0.717) is 0 Å². The molecular weight excluding hydrogens is 208 g/mol. The van der Waals surface area contributed by atoms with Crippen LogP contribution >= 0.6 is 0 Å². The first-order chi connectivity index (χ1) is 6.52. The summed E-state index contributed by atoms with van der Waals surface area (Å²) in [6.45, 7) is 3.97. The second-order valence-corrected chi connectivity index (χ2v) is 3.53. The molecular formula is C10H20MgO4. The van der Waals surface area contributed by atoms with Crippen LogP contribution in [0.1, 0.15) is 39.5 Å². The van der Waals surface area contributed by atoms with E-state index in [1.54, 1.807) is 0 Å². The summed E-state index contributed by atoms with van der Waals surface area (Å²) in [6, 6.07) is 0. The molecule has 0 saturated heterocycles. The molecule has 2 N–H and O–H groups in total. The third-order valence-electron chi connectivity index (χ3n) is 2.44. The van der Waals surface area contributed by atoms with Gasteiger partial charge in [0, 0.05) is 0 Å². The van der Waals surface area contributed by atoms with Gasteiger partial charge in [-0.15, -0.1) is 0 Å². The quantitative estimate of drug-likeness (QED) is 0.505. The van der Waals surface area contributed by atoms with Crippen molar-refractivity contribution < 1.29 is 19.8 Å². The smallest absolute Gasteiger partial charge is 0.317 e. The number of carboxylic acids is 2. The van der Waals surface area contributed by atoms with E-state index >= 15 is 0 Å². The van der Waals surface area contributed by atoms with Gasteiger partial charge in [-0.3, -0.25) is 9.59 Å². The van der Waals surface area contributed by atoms with E-state index in [9.17, 15) is 9.59 Å². The minimum absolute atomic E-state index is 0. The summed E-state index contributed by atoms with van der Waals surface area (Å²) in [5.41, 5.74) is 0. The van der Waals surface area contributed by atoms with Crippen molar-refractivity contribution in [2.75, 3.05) is 0 Å². The van der Waals surface area contributed by atoms with Gasteiger partial charge in [-0.1, -0.05) is 33.1 Å². The zero-order valence-electron chi connectivity index (χ0n) is 8.69. The van der Waals surface area contributed by atoms with Crippen LogP contribution in [0, 0.1) is 11.8 Å². The monoisotopic (exact) mass is 228 g/mol. The fourth-order valence-corrected chi connectivity index (χ4v) is 1.54. The first-order valence-electron chi connectivity index (χ1n) is 4.98. The number of carboxylic acid groups (broad SMARTS) is 2. The Morgan fingerprint density at radius 1 is 1.13 bits per heavy atom. The largest absolute Gasteiger partial charge is 0.481 e. The standard InChI is InChI=1S/C10H18O4.Mg.2H/c1-3-5-7(4-2)6-8(9(11)12)10(13)14;;;/h7-8H,3-6H2,1-2H3,(H,11,12)(H,13,14);;;. The SMILES string of the molecule is CCCC(CC)CC(C(=O)O)C(=O)O.[MgH2]. The Bertz CT molecular complexity index is 192. The van der Waals surface area contributed by atoms with Crippen molar-refractivity contribution in [1.82, 2.24) is 0 Å². The zero-order valence-corrected chi connectivity index (χ0v) is 8.69. The number of hydrogen-bond donors (Lipinski definition) is 2. The van der Waals surface area contributed by atoms with Crippen molar-refractivity contribution in [3.63, 3.8) is 0 Å². The third-order valence-corrected chi connectivity index (χ3v) is 2.44. The molecule has 0 bridgehead atoms. The van der Waals surface area contributed by atoms with Gasteiger partial charge in [-0.25, -0.2) is 0 Å². The second kappa shape index (κ2) is 8.97. The maximum absolute atomic E-state index is 10.6. The van der Waals surface area contributed by atoms with Gasteiger partial charge >= 0.3 is 35.0 Å². The molecule has 86 valence electrons. The highest BCUT2D eigenvalue weighted by Crippen LogP contribution is 2.21. The first-order valence-corrected chi connectivity index (χ1v) is 4.98. The lowest BCUT2D eigenvalue weighted by molar-refractivity contribution is -0.155. The highest BCUT2D eigenvalue weighted by Gasteiger charge is 2.28. The molecule has 0 aromatic carbocycles. The van der Waals surface area contributed by atoms with Crippen LogP contribution in [0.15, 0.2) is 0 Å². The molecule has 0 radical (unpaired) electrons. The van der Waals surface area contributed by atoms with Crippen LogP contribution in [-0.2, 0) is 9.59 Å². The highest BCUT2D eigenvalue weighted by atomic mass is 24.3. The molecule has 0 heterocycles. The minimum atomic E-state index is -1.24. The summed E-state index contributed by atoms with van der Waals surface area (Å²) in [5, 5.41) is 17.4. The summed E-state index contributed by atoms with van der Waals surface area (Å²) in [4.78, 5) is 21.2. The molecule has 4 nitrogen and oxygen atoms in total. The van der Waals surface area contributed by atoms with Crippen molar-refractivity contribution in [3.05, 3.63) is 0 Å². The second-order valence-electron chi connectivity index (χ2n) is 3.53. The summed E-state index contributed by atoms with van der Waals surface area (Å²) in [7, 11) is 0. The molecule has 0 fully saturated rings. The van der Waals surface area contributed by atoms with Crippen molar-refractivity contribution in [2.24, 2.45) is 11.8 Å². The minimum Gasteiger partial charge on any atom is -0.481 e. The Kier molecular flexibility index (Phi) is 10.2. The molecule has 0 amide bonds. The molecule has 0 aliphatic rings. The van der Waals surface area contributed by atoms with E-state index in [0.717, 1.165) is 19.3 Å². The molecule has 0 aromatic rings. The molecule has 0 spiro atoms.